The average molecular weight is 389 g/mol. The zero-order chi connectivity index (χ0) is 19.8. The number of carbonyl (C=O) groups is 1. The summed E-state index contributed by atoms with van der Waals surface area (Å²) in [6, 6.07) is 8.65. The van der Waals surface area contributed by atoms with Gasteiger partial charge in [0.05, 0.1) is 15.5 Å². The fourth-order valence-corrected chi connectivity index (χ4v) is 4.38. The summed E-state index contributed by atoms with van der Waals surface area (Å²) in [5, 5.41) is 11.0. The molecule has 1 amide bonds. The molecule has 1 aliphatic heterocycles. The van der Waals surface area contributed by atoms with Crippen LogP contribution >= 0.6 is 0 Å². The van der Waals surface area contributed by atoms with Crippen LogP contribution in [0.1, 0.15) is 24.0 Å². The van der Waals surface area contributed by atoms with Gasteiger partial charge in [0.15, 0.2) is 0 Å². The third-order valence-corrected chi connectivity index (χ3v) is 6.02. The Balaban J connectivity index is 1.96. The van der Waals surface area contributed by atoms with Crippen LogP contribution in [0.25, 0.3) is 0 Å². The molecule has 1 fully saturated rings. The zero-order valence-corrected chi connectivity index (χ0v) is 15.7. The van der Waals surface area contributed by atoms with Gasteiger partial charge in [-0.05, 0) is 43.5 Å². The molecule has 0 unspecified atom stereocenters. The predicted molar refractivity (Wildman–Crippen MR) is 101 cm³/mol. The zero-order valence-electron chi connectivity index (χ0n) is 14.9. The molecule has 1 heterocycles. The Bertz CT molecular complexity index is 1030. The number of carbonyl (C=O) groups excluding carboxylic acids is 1. The summed E-state index contributed by atoms with van der Waals surface area (Å²) in [5.41, 5.74) is 1.91. The van der Waals surface area contributed by atoms with Gasteiger partial charge in [0.1, 0.15) is 0 Å². The van der Waals surface area contributed by atoms with E-state index >= 15 is 0 Å². The maximum Gasteiger partial charge on any atom is 0.270 e. The number of nitro groups is 1. The number of rotatable bonds is 5. The van der Waals surface area contributed by atoms with Crippen molar-refractivity contribution >= 4 is 33.0 Å². The molecule has 0 radical (unpaired) electrons. The largest absolute Gasteiger partial charge is 0.312 e. The number of nitrogens with one attached hydrogen (secondary N) is 1. The standard InChI is InChI=1S/C18H19N3O5S/c1-12-5-7-14(10-16(12)20-9-3-4-18(20)22)19-27(25,26)17-11-15(21(23)24)8-6-13(17)2/h5-8,10-11,19H,3-4,9H2,1-2H3. The van der Waals surface area contributed by atoms with Gasteiger partial charge in [-0.2, -0.15) is 0 Å². The van der Waals surface area contributed by atoms with Gasteiger partial charge >= 0.3 is 0 Å². The second-order valence-corrected chi connectivity index (χ2v) is 8.11. The molecule has 0 saturated carbocycles. The maximum atomic E-state index is 12.8. The quantitative estimate of drug-likeness (QED) is 0.624. The number of benzene rings is 2. The van der Waals surface area contributed by atoms with E-state index in [1.54, 1.807) is 30.0 Å². The molecule has 0 spiro atoms. The Hall–Kier alpha value is -2.94. The maximum absolute atomic E-state index is 12.8. The van der Waals surface area contributed by atoms with E-state index < -0.39 is 14.9 Å². The SMILES string of the molecule is Cc1ccc(NS(=O)(=O)c2cc([N+](=O)[O-])ccc2C)cc1N1CCCC1=O. The number of nitrogens with zero attached hydrogens (tertiary/aromatic N) is 2. The van der Waals surface area contributed by atoms with E-state index in [-0.39, 0.29) is 16.5 Å². The summed E-state index contributed by atoms with van der Waals surface area (Å²) >= 11 is 0. The number of sulfonamides is 1. The van der Waals surface area contributed by atoms with Crippen molar-refractivity contribution in [3.8, 4) is 0 Å². The Morgan fingerprint density at radius 3 is 2.44 bits per heavy atom. The van der Waals surface area contributed by atoms with Crippen LogP contribution < -0.4 is 9.62 Å². The van der Waals surface area contributed by atoms with E-state index in [0.29, 0.717) is 29.9 Å². The highest BCUT2D eigenvalue weighted by Crippen LogP contribution is 2.30. The van der Waals surface area contributed by atoms with Crippen LogP contribution in [0.5, 0.6) is 0 Å². The number of anilines is 2. The van der Waals surface area contributed by atoms with E-state index in [4.69, 9.17) is 0 Å². The first-order valence-electron chi connectivity index (χ1n) is 8.38. The monoisotopic (exact) mass is 389 g/mol. The van der Waals surface area contributed by atoms with Crippen molar-refractivity contribution in [1.29, 1.82) is 0 Å². The summed E-state index contributed by atoms with van der Waals surface area (Å²) in [6.45, 7) is 4.02. The number of nitro benzene ring substituents is 1. The van der Waals surface area contributed by atoms with Gasteiger partial charge in [-0.1, -0.05) is 12.1 Å². The first-order chi connectivity index (χ1) is 12.7. The topological polar surface area (TPSA) is 110 Å². The molecular weight excluding hydrogens is 370 g/mol. The first-order valence-corrected chi connectivity index (χ1v) is 9.86. The van der Waals surface area contributed by atoms with Gasteiger partial charge in [0.2, 0.25) is 5.91 Å². The summed E-state index contributed by atoms with van der Waals surface area (Å²) < 4.78 is 28.0. The number of hydrogen-bond acceptors (Lipinski definition) is 5. The lowest BCUT2D eigenvalue weighted by atomic mass is 10.1. The summed E-state index contributed by atoms with van der Waals surface area (Å²) in [6.07, 6.45) is 1.24. The van der Waals surface area contributed by atoms with Crippen molar-refractivity contribution in [1.82, 2.24) is 0 Å². The van der Waals surface area contributed by atoms with Gasteiger partial charge < -0.3 is 4.90 Å². The molecule has 1 N–H and O–H groups in total. The lowest BCUT2D eigenvalue weighted by molar-refractivity contribution is -0.385. The molecule has 8 nitrogen and oxygen atoms in total. The molecule has 3 rings (SSSR count). The van der Waals surface area contributed by atoms with E-state index in [1.807, 2.05) is 6.92 Å². The second-order valence-electron chi connectivity index (χ2n) is 6.46. The van der Waals surface area contributed by atoms with E-state index in [0.717, 1.165) is 18.1 Å². The lowest BCUT2D eigenvalue weighted by Gasteiger charge is -2.20. The molecule has 1 aliphatic rings. The minimum atomic E-state index is -4.02. The third kappa shape index (κ3) is 3.77. The smallest absolute Gasteiger partial charge is 0.270 e. The lowest BCUT2D eigenvalue weighted by Crippen LogP contribution is -2.24. The average Bonchev–Trinajstić information content (AvgIpc) is 3.02. The van der Waals surface area contributed by atoms with Crippen molar-refractivity contribution in [3.63, 3.8) is 0 Å². The van der Waals surface area contributed by atoms with Crippen molar-refractivity contribution in [3.05, 3.63) is 57.6 Å². The predicted octanol–water partition coefficient (Wildman–Crippen LogP) is 3.14. The number of non-ortho nitro benzene ring substituents is 1. The van der Waals surface area contributed by atoms with Crippen molar-refractivity contribution in [2.45, 2.75) is 31.6 Å². The van der Waals surface area contributed by atoms with Crippen LogP contribution in [0.2, 0.25) is 0 Å². The van der Waals surface area contributed by atoms with Gasteiger partial charge in [0.25, 0.3) is 15.7 Å². The normalized spacial score (nSPS) is 14.4. The highest BCUT2D eigenvalue weighted by Gasteiger charge is 2.25. The number of hydrogen-bond donors (Lipinski definition) is 1. The van der Waals surface area contributed by atoms with Crippen LogP contribution in [0.15, 0.2) is 41.3 Å². The van der Waals surface area contributed by atoms with Crippen LogP contribution in [0, 0.1) is 24.0 Å². The molecule has 0 aromatic heterocycles. The van der Waals surface area contributed by atoms with Gasteiger partial charge in [-0.25, -0.2) is 8.42 Å². The Labute approximate surface area is 157 Å². The Morgan fingerprint density at radius 1 is 1.11 bits per heavy atom. The third-order valence-electron chi connectivity index (χ3n) is 4.50. The van der Waals surface area contributed by atoms with Crippen molar-refractivity contribution in [2.75, 3.05) is 16.2 Å². The van der Waals surface area contributed by atoms with Crippen molar-refractivity contribution in [2.24, 2.45) is 0 Å². The first kappa shape index (κ1) is 18.8. The highest BCUT2D eigenvalue weighted by molar-refractivity contribution is 7.92. The van der Waals surface area contributed by atoms with Gasteiger partial charge in [0, 0.05) is 30.8 Å². The van der Waals surface area contributed by atoms with Crippen LogP contribution in [0.3, 0.4) is 0 Å². The van der Waals surface area contributed by atoms with Crippen molar-refractivity contribution < 1.29 is 18.1 Å². The van der Waals surface area contributed by atoms with Crippen LogP contribution in [-0.4, -0.2) is 25.8 Å². The van der Waals surface area contributed by atoms with E-state index in [1.165, 1.54) is 12.1 Å². The summed E-state index contributed by atoms with van der Waals surface area (Å²) in [7, 11) is -4.02. The highest BCUT2D eigenvalue weighted by atomic mass is 32.2. The fraction of sp³-hybridized carbons (Fsp3) is 0.278. The molecule has 9 heteroatoms. The Kier molecular flexibility index (Phi) is 4.88. The molecule has 142 valence electrons. The van der Waals surface area contributed by atoms with E-state index in [9.17, 15) is 23.3 Å². The molecule has 0 bridgehead atoms. The minimum Gasteiger partial charge on any atom is -0.312 e. The molecular formula is C18H19N3O5S. The molecule has 0 atom stereocenters. The Morgan fingerprint density at radius 2 is 1.81 bits per heavy atom. The number of amides is 1. The summed E-state index contributed by atoms with van der Waals surface area (Å²) in [4.78, 5) is 23.8. The molecule has 1 saturated heterocycles. The molecule has 27 heavy (non-hydrogen) atoms. The van der Waals surface area contributed by atoms with Crippen LogP contribution in [0.4, 0.5) is 17.1 Å². The second kappa shape index (κ2) is 6.99. The van der Waals surface area contributed by atoms with Gasteiger partial charge in [-0.3, -0.25) is 19.6 Å². The molecule has 2 aromatic carbocycles. The summed E-state index contributed by atoms with van der Waals surface area (Å²) in [5.74, 6) is 0.00707. The van der Waals surface area contributed by atoms with Gasteiger partial charge in [-0.15, -0.1) is 0 Å². The molecule has 2 aromatic rings. The minimum absolute atomic E-state index is 0.00707. The molecule has 0 aliphatic carbocycles. The number of aryl methyl sites for hydroxylation is 2. The van der Waals surface area contributed by atoms with Crippen LogP contribution in [-0.2, 0) is 14.8 Å². The van der Waals surface area contributed by atoms with E-state index in [2.05, 4.69) is 4.72 Å². The fourth-order valence-electron chi connectivity index (χ4n) is 3.07.